The van der Waals surface area contributed by atoms with E-state index in [4.69, 9.17) is 10.9 Å². The smallest absolute Gasteiger partial charge is 0.144 e. The topological polar surface area (TPSA) is 73.9 Å². The molecule has 114 valence electrons. The van der Waals surface area contributed by atoms with E-state index < -0.39 is 0 Å². The Balaban J connectivity index is 3.65. The average Bonchev–Trinajstić information content (AvgIpc) is 2.34. The van der Waals surface area contributed by atoms with E-state index in [1.54, 1.807) is 0 Å². The summed E-state index contributed by atoms with van der Waals surface area (Å²) in [5, 5.41) is 15.3. The van der Waals surface area contributed by atoms with Gasteiger partial charge in [-0.05, 0) is 53.4 Å². The minimum absolute atomic E-state index is 0.217. The Labute approximate surface area is 118 Å². The van der Waals surface area contributed by atoms with Crippen molar-refractivity contribution in [1.29, 1.82) is 0 Å². The fourth-order valence-electron chi connectivity index (χ4n) is 1.86. The van der Waals surface area contributed by atoms with Crippen LogP contribution in [0.2, 0.25) is 0 Å². The van der Waals surface area contributed by atoms with Crippen LogP contribution in [-0.4, -0.2) is 49.2 Å². The van der Waals surface area contributed by atoms with E-state index in [9.17, 15) is 0 Å². The second kappa shape index (κ2) is 9.15. The molecule has 1 atom stereocenters. The van der Waals surface area contributed by atoms with Crippen LogP contribution < -0.4 is 11.1 Å². The first-order chi connectivity index (χ1) is 8.79. The first kappa shape index (κ1) is 18.2. The molecule has 0 aliphatic carbocycles. The van der Waals surface area contributed by atoms with Crippen LogP contribution >= 0.6 is 0 Å². The van der Waals surface area contributed by atoms with E-state index >= 15 is 0 Å². The van der Waals surface area contributed by atoms with Crippen molar-refractivity contribution in [3.05, 3.63) is 0 Å². The summed E-state index contributed by atoms with van der Waals surface area (Å²) in [6.07, 6.45) is 4.31. The second-order valence-electron chi connectivity index (χ2n) is 6.27. The fourth-order valence-corrected chi connectivity index (χ4v) is 1.86. The highest BCUT2D eigenvalue weighted by molar-refractivity contribution is 5.85. The lowest BCUT2D eigenvalue weighted by Crippen LogP contribution is -2.32. The molecule has 4 N–H and O–H groups in total. The molecule has 0 spiro atoms. The van der Waals surface area contributed by atoms with Gasteiger partial charge >= 0.3 is 0 Å². The van der Waals surface area contributed by atoms with Crippen LogP contribution in [0.3, 0.4) is 0 Å². The summed E-state index contributed by atoms with van der Waals surface area (Å²) in [6.45, 7) is 8.39. The van der Waals surface area contributed by atoms with Crippen molar-refractivity contribution in [2.24, 2.45) is 16.3 Å². The summed E-state index contributed by atoms with van der Waals surface area (Å²) in [7, 11) is 4.20. The third kappa shape index (κ3) is 8.83. The maximum atomic E-state index is 8.70. The van der Waals surface area contributed by atoms with E-state index in [1.165, 1.54) is 6.42 Å². The Morgan fingerprint density at radius 2 is 2.00 bits per heavy atom. The molecule has 19 heavy (non-hydrogen) atoms. The molecule has 0 saturated carbocycles. The van der Waals surface area contributed by atoms with Gasteiger partial charge in [-0.25, -0.2) is 0 Å². The quantitative estimate of drug-likeness (QED) is 0.187. The first-order valence-electron chi connectivity index (χ1n) is 7.15. The number of hydrogen-bond acceptors (Lipinski definition) is 4. The summed E-state index contributed by atoms with van der Waals surface area (Å²) in [5.74, 6) is 0.319. The van der Waals surface area contributed by atoms with Crippen molar-refractivity contribution < 1.29 is 5.21 Å². The molecular formula is C14H32N4O. The second-order valence-corrected chi connectivity index (χ2v) is 6.27. The molecule has 0 fully saturated rings. The van der Waals surface area contributed by atoms with Crippen LogP contribution in [0.25, 0.3) is 0 Å². The van der Waals surface area contributed by atoms with E-state index in [-0.39, 0.29) is 5.41 Å². The number of nitrogens with one attached hydrogen (secondary N) is 1. The number of oxime groups is 1. The lowest BCUT2D eigenvalue weighted by molar-refractivity contribution is 0.304. The molecule has 0 heterocycles. The first-order valence-corrected chi connectivity index (χ1v) is 7.15. The van der Waals surface area contributed by atoms with Crippen molar-refractivity contribution in [2.45, 2.75) is 52.5 Å². The van der Waals surface area contributed by atoms with Gasteiger partial charge in [-0.2, -0.15) is 0 Å². The zero-order valence-corrected chi connectivity index (χ0v) is 13.2. The van der Waals surface area contributed by atoms with Crippen LogP contribution in [0.1, 0.15) is 46.5 Å². The van der Waals surface area contributed by atoms with Crippen LogP contribution in [0, 0.1) is 5.41 Å². The molecule has 0 bridgehead atoms. The number of unbranched alkanes of at least 4 members (excludes halogenated alkanes) is 1. The Morgan fingerprint density at radius 3 is 2.53 bits per heavy atom. The number of nitrogens with zero attached hydrogens (tertiary/aromatic N) is 2. The summed E-state index contributed by atoms with van der Waals surface area (Å²) in [6, 6.07) is 0.555. The maximum absolute atomic E-state index is 8.70. The van der Waals surface area contributed by atoms with Crippen LogP contribution in [0.5, 0.6) is 0 Å². The van der Waals surface area contributed by atoms with E-state index in [1.807, 2.05) is 13.8 Å². The summed E-state index contributed by atoms with van der Waals surface area (Å²) >= 11 is 0. The van der Waals surface area contributed by atoms with Gasteiger partial charge in [0, 0.05) is 11.5 Å². The molecule has 1 unspecified atom stereocenters. The third-order valence-electron chi connectivity index (χ3n) is 3.53. The normalized spacial score (nSPS) is 14.9. The molecule has 0 aromatic rings. The largest absolute Gasteiger partial charge is 0.409 e. The van der Waals surface area contributed by atoms with Gasteiger partial charge in [0.25, 0.3) is 0 Å². The lowest BCUT2D eigenvalue weighted by Gasteiger charge is -2.23. The van der Waals surface area contributed by atoms with Crippen LogP contribution in [0.15, 0.2) is 5.16 Å². The van der Waals surface area contributed by atoms with Crippen molar-refractivity contribution in [3.63, 3.8) is 0 Å². The minimum Gasteiger partial charge on any atom is -0.409 e. The van der Waals surface area contributed by atoms with Gasteiger partial charge in [-0.1, -0.05) is 25.4 Å². The number of amidine groups is 1. The van der Waals surface area contributed by atoms with Gasteiger partial charge in [0.2, 0.25) is 0 Å². The van der Waals surface area contributed by atoms with Crippen molar-refractivity contribution in [2.75, 3.05) is 27.2 Å². The van der Waals surface area contributed by atoms with Crippen LogP contribution in [-0.2, 0) is 0 Å². The molecule has 0 radical (unpaired) electrons. The predicted octanol–water partition coefficient (Wildman–Crippen LogP) is 1.86. The van der Waals surface area contributed by atoms with E-state index in [0.29, 0.717) is 11.9 Å². The Hall–Kier alpha value is -0.810. The van der Waals surface area contributed by atoms with Crippen molar-refractivity contribution in [3.8, 4) is 0 Å². The van der Waals surface area contributed by atoms with Gasteiger partial charge in [0.1, 0.15) is 5.84 Å². The summed E-state index contributed by atoms with van der Waals surface area (Å²) in [4.78, 5) is 2.21. The summed E-state index contributed by atoms with van der Waals surface area (Å²) < 4.78 is 0. The molecule has 5 heteroatoms. The number of nitrogens with two attached hydrogens (primary N) is 1. The third-order valence-corrected chi connectivity index (χ3v) is 3.53. The van der Waals surface area contributed by atoms with Gasteiger partial charge in [0.05, 0.1) is 0 Å². The van der Waals surface area contributed by atoms with Crippen LogP contribution in [0.4, 0.5) is 0 Å². The molecular weight excluding hydrogens is 240 g/mol. The molecule has 0 aliphatic rings. The Morgan fingerprint density at radius 1 is 1.37 bits per heavy atom. The van der Waals surface area contributed by atoms with Gasteiger partial charge in [-0.15, -0.1) is 0 Å². The highest BCUT2D eigenvalue weighted by atomic mass is 16.4. The number of rotatable bonds is 10. The Bertz CT molecular complexity index is 264. The molecule has 0 aromatic heterocycles. The number of hydrogen-bond donors (Lipinski definition) is 3. The van der Waals surface area contributed by atoms with Crippen molar-refractivity contribution in [1.82, 2.24) is 10.2 Å². The molecule has 0 saturated heterocycles. The SMILES string of the molecule is CC(CCN(C)C)NCCCCC(C)(C)C(N)=NO. The molecule has 0 aliphatic heterocycles. The zero-order chi connectivity index (χ0) is 14.9. The Kier molecular flexibility index (Phi) is 8.76. The molecule has 5 nitrogen and oxygen atoms in total. The molecule has 0 aromatic carbocycles. The highest BCUT2D eigenvalue weighted by Gasteiger charge is 2.22. The van der Waals surface area contributed by atoms with E-state index in [2.05, 4.69) is 36.4 Å². The van der Waals surface area contributed by atoms with E-state index in [0.717, 1.165) is 32.4 Å². The lowest BCUT2D eigenvalue weighted by atomic mass is 9.86. The predicted molar refractivity (Wildman–Crippen MR) is 81.7 cm³/mol. The highest BCUT2D eigenvalue weighted by Crippen LogP contribution is 2.23. The van der Waals surface area contributed by atoms with Gasteiger partial charge in [-0.3, -0.25) is 0 Å². The monoisotopic (exact) mass is 272 g/mol. The standard InChI is InChI=1S/C14H32N4O/c1-12(8-11-18(4)5)16-10-7-6-9-14(2,3)13(15)17-19/h12,16,19H,6-11H2,1-5H3,(H2,15,17). The fraction of sp³-hybridized carbons (Fsp3) is 0.929. The maximum Gasteiger partial charge on any atom is 0.144 e. The van der Waals surface area contributed by atoms with Gasteiger partial charge < -0.3 is 21.2 Å². The molecule has 0 rings (SSSR count). The molecule has 0 amide bonds. The summed E-state index contributed by atoms with van der Waals surface area (Å²) in [5.41, 5.74) is 5.44. The van der Waals surface area contributed by atoms with Crippen molar-refractivity contribution >= 4 is 5.84 Å². The minimum atomic E-state index is -0.217. The van der Waals surface area contributed by atoms with Gasteiger partial charge in [0.15, 0.2) is 0 Å². The average molecular weight is 272 g/mol. The zero-order valence-electron chi connectivity index (χ0n) is 13.2.